The maximum absolute atomic E-state index is 13.6. The van der Waals surface area contributed by atoms with Gasteiger partial charge < -0.3 is 10.1 Å². The monoisotopic (exact) mass is 401 g/mol. The molecule has 2 heterocycles. The first-order valence-corrected chi connectivity index (χ1v) is 9.92. The van der Waals surface area contributed by atoms with Crippen LogP contribution >= 0.6 is 11.3 Å². The van der Waals surface area contributed by atoms with Crippen LogP contribution in [0, 0.1) is 5.82 Å². The highest BCUT2D eigenvalue weighted by Gasteiger charge is 2.24. The molecule has 1 aliphatic carbocycles. The SMILES string of the molecule is CC(C)OC(=O)Nc1nc2c(s1)CC(Nc1ncnc3ccc(F)cc13)CC2. The highest BCUT2D eigenvalue weighted by Crippen LogP contribution is 2.32. The summed E-state index contributed by atoms with van der Waals surface area (Å²) in [7, 11) is 0. The Hall–Kier alpha value is -2.81. The molecule has 9 heteroatoms. The summed E-state index contributed by atoms with van der Waals surface area (Å²) >= 11 is 1.46. The van der Waals surface area contributed by atoms with Crippen LogP contribution < -0.4 is 10.6 Å². The van der Waals surface area contributed by atoms with Gasteiger partial charge in [0.25, 0.3) is 0 Å². The van der Waals surface area contributed by atoms with Gasteiger partial charge in [0.2, 0.25) is 0 Å². The molecule has 0 aliphatic heterocycles. The molecule has 1 atom stereocenters. The number of nitrogens with zero attached hydrogens (tertiary/aromatic N) is 3. The Kier molecular flexibility index (Phi) is 5.08. The first-order valence-electron chi connectivity index (χ1n) is 9.11. The normalized spacial score (nSPS) is 16.1. The number of hydrogen-bond donors (Lipinski definition) is 2. The number of anilines is 2. The number of carbonyl (C=O) groups is 1. The lowest BCUT2D eigenvalue weighted by Crippen LogP contribution is -2.27. The van der Waals surface area contributed by atoms with Crippen molar-refractivity contribution in [2.24, 2.45) is 0 Å². The lowest BCUT2D eigenvalue weighted by Gasteiger charge is -2.23. The Morgan fingerprint density at radius 2 is 2.21 bits per heavy atom. The van der Waals surface area contributed by atoms with E-state index < -0.39 is 6.09 Å². The van der Waals surface area contributed by atoms with Crippen LogP contribution in [0.3, 0.4) is 0 Å². The minimum Gasteiger partial charge on any atom is -0.447 e. The zero-order valence-corrected chi connectivity index (χ0v) is 16.3. The average Bonchev–Trinajstić information content (AvgIpc) is 3.02. The number of ether oxygens (including phenoxy) is 1. The minimum absolute atomic E-state index is 0.143. The smallest absolute Gasteiger partial charge is 0.413 e. The fraction of sp³-hybridized carbons (Fsp3) is 0.368. The third-order valence-electron chi connectivity index (χ3n) is 4.43. The summed E-state index contributed by atoms with van der Waals surface area (Å²) < 4.78 is 18.7. The van der Waals surface area contributed by atoms with Gasteiger partial charge >= 0.3 is 6.09 Å². The molecule has 1 unspecified atom stereocenters. The minimum atomic E-state index is -0.495. The number of hydrogen-bond acceptors (Lipinski definition) is 7. The highest BCUT2D eigenvalue weighted by molar-refractivity contribution is 7.15. The lowest BCUT2D eigenvalue weighted by molar-refractivity contribution is 0.130. The molecule has 2 aromatic heterocycles. The van der Waals surface area contributed by atoms with Crippen LogP contribution in [0.4, 0.5) is 20.1 Å². The molecule has 3 aromatic rings. The summed E-state index contributed by atoms with van der Waals surface area (Å²) in [5.41, 5.74) is 1.70. The van der Waals surface area contributed by atoms with E-state index in [1.807, 2.05) is 0 Å². The molecule has 0 bridgehead atoms. The maximum Gasteiger partial charge on any atom is 0.413 e. The topological polar surface area (TPSA) is 89.0 Å². The van der Waals surface area contributed by atoms with Gasteiger partial charge in [0.15, 0.2) is 5.13 Å². The van der Waals surface area contributed by atoms with E-state index >= 15 is 0 Å². The van der Waals surface area contributed by atoms with Crippen molar-refractivity contribution in [3.63, 3.8) is 0 Å². The van der Waals surface area contributed by atoms with Gasteiger partial charge in [0.05, 0.1) is 17.3 Å². The van der Waals surface area contributed by atoms with Crippen LogP contribution in [0.25, 0.3) is 10.9 Å². The largest absolute Gasteiger partial charge is 0.447 e. The van der Waals surface area contributed by atoms with Gasteiger partial charge in [0, 0.05) is 22.7 Å². The van der Waals surface area contributed by atoms with Gasteiger partial charge in [-0.2, -0.15) is 0 Å². The van der Waals surface area contributed by atoms with Gasteiger partial charge in [-0.25, -0.2) is 24.1 Å². The van der Waals surface area contributed by atoms with Crippen LogP contribution in [-0.2, 0) is 17.6 Å². The second-order valence-corrected chi connectivity index (χ2v) is 8.02. The first-order chi connectivity index (χ1) is 13.5. The van der Waals surface area contributed by atoms with Gasteiger partial charge in [-0.05, 0) is 44.9 Å². The number of aryl methyl sites for hydroxylation is 1. The molecule has 146 valence electrons. The number of aromatic nitrogens is 3. The van der Waals surface area contributed by atoms with Crippen molar-refractivity contribution >= 4 is 39.3 Å². The quantitative estimate of drug-likeness (QED) is 0.683. The van der Waals surface area contributed by atoms with Gasteiger partial charge in [-0.15, -0.1) is 11.3 Å². The van der Waals surface area contributed by atoms with Crippen LogP contribution in [0.1, 0.15) is 30.8 Å². The van der Waals surface area contributed by atoms with Crippen LogP contribution in [0.5, 0.6) is 0 Å². The number of thiazole rings is 1. The number of rotatable bonds is 4. The Balaban J connectivity index is 1.48. The predicted octanol–water partition coefficient (Wildman–Crippen LogP) is 4.15. The van der Waals surface area contributed by atoms with E-state index in [-0.39, 0.29) is 18.0 Å². The Labute approximate surface area is 165 Å². The summed E-state index contributed by atoms with van der Waals surface area (Å²) in [6, 6.07) is 4.63. The Morgan fingerprint density at radius 1 is 1.36 bits per heavy atom. The van der Waals surface area contributed by atoms with Gasteiger partial charge in [-0.3, -0.25) is 5.32 Å². The van der Waals surface area contributed by atoms with Crippen molar-refractivity contribution in [1.82, 2.24) is 15.0 Å². The van der Waals surface area contributed by atoms with Crippen molar-refractivity contribution in [3.8, 4) is 0 Å². The fourth-order valence-electron chi connectivity index (χ4n) is 3.22. The number of benzene rings is 1. The van der Waals surface area contributed by atoms with Crippen LogP contribution in [0.15, 0.2) is 24.5 Å². The third-order valence-corrected chi connectivity index (χ3v) is 5.46. The number of fused-ring (bicyclic) bond motifs is 2. The van der Waals surface area contributed by atoms with Crippen molar-refractivity contribution in [3.05, 3.63) is 40.9 Å². The molecule has 0 spiro atoms. The molecule has 7 nitrogen and oxygen atoms in total. The Morgan fingerprint density at radius 3 is 3.04 bits per heavy atom. The molecule has 0 saturated heterocycles. The molecule has 1 aliphatic rings. The zero-order valence-electron chi connectivity index (χ0n) is 15.5. The lowest BCUT2D eigenvalue weighted by atomic mass is 9.97. The fourth-order valence-corrected chi connectivity index (χ4v) is 4.29. The molecule has 0 saturated carbocycles. The zero-order chi connectivity index (χ0) is 19.7. The molecule has 0 radical (unpaired) electrons. The standard InChI is InChI=1S/C19H20FN5O2S/c1-10(2)27-19(26)25-18-24-15-6-4-12(8-16(15)28-18)23-17-13-7-11(20)3-5-14(13)21-9-22-17/h3,5,7,9-10,12H,4,6,8H2,1-2H3,(H,21,22,23)(H,24,25,26). The van der Waals surface area contributed by atoms with Gasteiger partial charge in [-0.1, -0.05) is 0 Å². The summed E-state index contributed by atoms with van der Waals surface area (Å²) in [5.74, 6) is 0.309. The van der Waals surface area contributed by atoms with E-state index in [1.54, 1.807) is 19.9 Å². The molecular weight excluding hydrogens is 381 g/mol. The molecule has 0 fully saturated rings. The van der Waals surface area contributed by atoms with E-state index in [0.717, 1.165) is 29.8 Å². The van der Waals surface area contributed by atoms with E-state index in [2.05, 4.69) is 25.6 Å². The highest BCUT2D eigenvalue weighted by atomic mass is 32.1. The molecule has 2 N–H and O–H groups in total. The number of halogens is 1. The summed E-state index contributed by atoms with van der Waals surface area (Å²) in [6.45, 7) is 3.59. The van der Waals surface area contributed by atoms with Crippen molar-refractivity contribution < 1.29 is 13.9 Å². The third kappa shape index (κ3) is 4.04. The molecule has 4 rings (SSSR count). The number of nitrogens with one attached hydrogen (secondary N) is 2. The maximum atomic E-state index is 13.6. The van der Waals surface area contributed by atoms with Crippen LogP contribution in [-0.4, -0.2) is 33.2 Å². The van der Waals surface area contributed by atoms with Crippen molar-refractivity contribution in [2.75, 3.05) is 10.6 Å². The summed E-state index contributed by atoms with van der Waals surface area (Å²) in [6.07, 6.45) is 3.22. The number of amides is 1. The molecule has 1 aromatic carbocycles. The summed E-state index contributed by atoms with van der Waals surface area (Å²) in [4.78, 5) is 25.9. The summed E-state index contributed by atoms with van der Waals surface area (Å²) in [5, 5.41) is 7.32. The van der Waals surface area contributed by atoms with Gasteiger partial charge in [0.1, 0.15) is 18.0 Å². The predicted molar refractivity (Wildman–Crippen MR) is 106 cm³/mol. The molecular formula is C19H20FN5O2S. The second-order valence-electron chi connectivity index (χ2n) is 6.94. The van der Waals surface area contributed by atoms with E-state index in [0.29, 0.717) is 21.9 Å². The van der Waals surface area contributed by atoms with Crippen molar-refractivity contribution in [2.45, 2.75) is 45.3 Å². The molecule has 1 amide bonds. The van der Waals surface area contributed by atoms with E-state index in [4.69, 9.17) is 4.74 Å². The van der Waals surface area contributed by atoms with E-state index in [1.165, 1.54) is 29.8 Å². The number of carbonyl (C=O) groups excluding carboxylic acids is 1. The van der Waals surface area contributed by atoms with E-state index in [9.17, 15) is 9.18 Å². The molecule has 28 heavy (non-hydrogen) atoms. The van der Waals surface area contributed by atoms with Crippen LogP contribution in [0.2, 0.25) is 0 Å². The first kappa shape index (κ1) is 18.5. The second kappa shape index (κ2) is 7.67. The Bertz CT molecular complexity index is 1020. The van der Waals surface area contributed by atoms with Crippen molar-refractivity contribution in [1.29, 1.82) is 0 Å². The average molecular weight is 401 g/mol.